The summed E-state index contributed by atoms with van der Waals surface area (Å²) >= 11 is 0. The van der Waals surface area contributed by atoms with Gasteiger partial charge in [0.05, 0.1) is 7.11 Å². The molecule has 3 rings (SSSR count). The lowest BCUT2D eigenvalue weighted by Crippen LogP contribution is -2.41. The Balaban J connectivity index is 1.86. The first-order valence-corrected chi connectivity index (χ1v) is 11.7. The largest absolute Gasteiger partial charge is 0.508 e. The van der Waals surface area contributed by atoms with Gasteiger partial charge in [0, 0.05) is 50.1 Å². The third-order valence-electron chi connectivity index (χ3n) is 6.27. The van der Waals surface area contributed by atoms with Crippen LogP contribution in [-0.2, 0) is 11.3 Å². The minimum absolute atomic E-state index is 0.0113. The highest BCUT2D eigenvalue weighted by molar-refractivity contribution is 5.78. The Morgan fingerprint density at radius 1 is 1.12 bits per heavy atom. The molecule has 2 atom stereocenters. The molecule has 32 heavy (non-hydrogen) atoms. The Kier molecular flexibility index (Phi) is 8.19. The number of phenolic OH excluding ortho intramolecular Hbond substituents is 1. The van der Waals surface area contributed by atoms with Crippen molar-refractivity contribution in [2.24, 2.45) is 17.8 Å². The van der Waals surface area contributed by atoms with Gasteiger partial charge in [-0.3, -0.25) is 9.69 Å². The van der Waals surface area contributed by atoms with Crippen molar-refractivity contribution in [2.45, 2.75) is 40.2 Å². The van der Waals surface area contributed by atoms with Gasteiger partial charge in [-0.15, -0.1) is 0 Å². The molecular weight excluding hydrogens is 400 g/mol. The molecule has 1 aliphatic rings. The van der Waals surface area contributed by atoms with E-state index in [2.05, 4.69) is 35.8 Å². The van der Waals surface area contributed by atoms with Crippen LogP contribution in [0.3, 0.4) is 0 Å². The number of hydrogen-bond donors (Lipinski definition) is 1. The summed E-state index contributed by atoms with van der Waals surface area (Å²) in [5.41, 5.74) is 2.19. The average molecular weight is 439 g/mol. The number of methoxy groups -OCH3 is 1. The molecule has 1 N–H and O–H groups in total. The smallest absolute Gasteiger partial charge is 0.225 e. The second-order valence-corrected chi connectivity index (χ2v) is 9.76. The van der Waals surface area contributed by atoms with Crippen molar-refractivity contribution < 1.29 is 14.6 Å². The normalized spacial score (nSPS) is 19.0. The Labute approximate surface area is 193 Å². The molecule has 1 saturated heterocycles. The Morgan fingerprint density at radius 2 is 1.88 bits per heavy atom. The number of phenols is 1. The first-order chi connectivity index (χ1) is 15.3. The predicted molar refractivity (Wildman–Crippen MR) is 129 cm³/mol. The highest BCUT2D eigenvalue weighted by Crippen LogP contribution is 2.36. The maximum Gasteiger partial charge on any atom is 0.225 e. The molecule has 0 unspecified atom stereocenters. The predicted octanol–water partition coefficient (Wildman–Crippen LogP) is 4.76. The fourth-order valence-corrected chi connectivity index (χ4v) is 4.75. The second-order valence-electron chi connectivity index (χ2n) is 9.76. The number of carbonyl (C=O) groups excluding carboxylic acids is 1. The minimum Gasteiger partial charge on any atom is -0.508 e. The lowest BCUT2D eigenvalue weighted by Gasteiger charge is -2.31. The summed E-state index contributed by atoms with van der Waals surface area (Å²) in [5, 5.41) is 10.3. The Hall–Kier alpha value is -2.53. The van der Waals surface area contributed by atoms with E-state index in [9.17, 15) is 9.90 Å². The minimum atomic E-state index is -0.0113. The van der Waals surface area contributed by atoms with Crippen LogP contribution >= 0.6 is 0 Å². The number of hydrogen-bond acceptors (Lipinski definition) is 4. The number of nitrogens with zero attached hydrogens (tertiary/aromatic N) is 2. The molecule has 2 aromatic carbocycles. The van der Waals surface area contributed by atoms with E-state index in [1.165, 1.54) is 5.56 Å². The zero-order valence-electron chi connectivity index (χ0n) is 20.1. The number of likely N-dealkylation sites (tertiary alicyclic amines) is 1. The third-order valence-corrected chi connectivity index (χ3v) is 6.27. The van der Waals surface area contributed by atoms with Crippen LogP contribution in [0.25, 0.3) is 0 Å². The molecule has 0 saturated carbocycles. The first kappa shape index (κ1) is 24.1. The Bertz CT molecular complexity index is 896. The van der Waals surface area contributed by atoms with E-state index < -0.39 is 0 Å². The highest BCUT2D eigenvalue weighted by Gasteiger charge is 2.36. The molecule has 1 amide bonds. The molecule has 1 fully saturated rings. The monoisotopic (exact) mass is 438 g/mol. The van der Waals surface area contributed by atoms with Crippen molar-refractivity contribution in [1.29, 1.82) is 0 Å². The fourth-order valence-electron chi connectivity index (χ4n) is 4.75. The van der Waals surface area contributed by atoms with Gasteiger partial charge < -0.3 is 14.7 Å². The van der Waals surface area contributed by atoms with Crippen molar-refractivity contribution in [3.8, 4) is 11.5 Å². The molecule has 174 valence electrons. The van der Waals surface area contributed by atoms with E-state index in [1.807, 2.05) is 44.2 Å². The quantitative estimate of drug-likeness (QED) is 0.613. The molecular formula is C27H38N2O3. The summed E-state index contributed by atoms with van der Waals surface area (Å²) in [4.78, 5) is 17.5. The molecule has 0 spiro atoms. The third kappa shape index (κ3) is 6.04. The zero-order chi connectivity index (χ0) is 23.3. The average Bonchev–Trinajstić information content (AvgIpc) is 3.16. The van der Waals surface area contributed by atoms with Crippen molar-refractivity contribution in [2.75, 3.05) is 33.3 Å². The van der Waals surface area contributed by atoms with Gasteiger partial charge in [0.25, 0.3) is 0 Å². The maximum absolute atomic E-state index is 13.0. The van der Waals surface area contributed by atoms with Gasteiger partial charge in [0.15, 0.2) is 0 Å². The number of benzene rings is 2. The molecule has 0 radical (unpaired) electrons. The maximum atomic E-state index is 13.0. The van der Waals surface area contributed by atoms with E-state index in [-0.39, 0.29) is 11.8 Å². The van der Waals surface area contributed by atoms with E-state index in [1.54, 1.807) is 13.2 Å². The standard InChI is InChI=1S/C27H38N2O3/c1-19(2)14-29(27(31)20(3)4)17-23-16-28(15-22-9-6-7-12-26(22)30)18-25(23)21-10-8-11-24(13-21)32-5/h6-13,19-20,23,25,30H,14-18H2,1-5H3/t23-,25+/m1/s1. The van der Waals surface area contributed by atoms with Crippen LogP contribution in [0.2, 0.25) is 0 Å². The van der Waals surface area contributed by atoms with E-state index in [0.717, 1.165) is 37.5 Å². The summed E-state index contributed by atoms with van der Waals surface area (Å²) in [5.74, 6) is 2.44. The number of aromatic hydroxyl groups is 1. The summed E-state index contributed by atoms with van der Waals surface area (Å²) in [6, 6.07) is 15.9. The SMILES string of the molecule is COc1cccc([C@@H]2CN(Cc3ccccc3O)C[C@@H]2CN(CC(C)C)C(=O)C(C)C)c1. The summed E-state index contributed by atoms with van der Waals surface area (Å²) in [6.45, 7) is 12.3. The number of ether oxygens (including phenoxy) is 1. The topological polar surface area (TPSA) is 53.0 Å². The van der Waals surface area contributed by atoms with Crippen LogP contribution in [-0.4, -0.2) is 54.1 Å². The number of rotatable bonds is 9. The van der Waals surface area contributed by atoms with Crippen molar-refractivity contribution in [3.05, 3.63) is 59.7 Å². The summed E-state index contributed by atoms with van der Waals surface area (Å²) in [7, 11) is 1.70. The van der Waals surface area contributed by atoms with Crippen molar-refractivity contribution in [1.82, 2.24) is 9.80 Å². The van der Waals surface area contributed by atoms with E-state index in [4.69, 9.17) is 4.74 Å². The van der Waals surface area contributed by atoms with Crippen LogP contribution in [0, 0.1) is 17.8 Å². The van der Waals surface area contributed by atoms with Crippen molar-refractivity contribution in [3.63, 3.8) is 0 Å². The van der Waals surface area contributed by atoms with Gasteiger partial charge in [0.2, 0.25) is 5.91 Å². The summed E-state index contributed by atoms with van der Waals surface area (Å²) < 4.78 is 5.48. The molecule has 1 heterocycles. The van der Waals surface area contributed by atoms with Crippen LogP contribution in [0.4, 0.5) is 0 Å². The Morgan fingerprint density at radius 3 is 2.53 bits per heavy atom. The van der Waals surface area contributed by atoms with Gasteiger partial charge in [-0.1, -0.05) is 58.0 Å². The van der Waals surface area contributed by atoms with Gasteiger partial charge in [-0.25, -0.2) is 0 Å². The lowest BCUT2D eigenvalue weighted by molar-refractivity contribution is -0.135. The number of carbonyl (C=O) groups is 1. The molecule has 2 aromatic rings. The van der Waals surface area contributed by atoms with Crippen LogP contribution in [0.1, 0.15) is 44.7 Å². The van der Waals surface area contributed by atoms with Gasteiger partial charge in [-0.05, 0) is 35.6 Å². The zero-order valence-corrected chi connectivity index (χ0v) is 20.1. The molecule has 5 nitrogen and oxygen atoms in total. The molecule has 1 aliphatic heterocycles. The molecule has 0 aliphatic carbocycles. The van der Waals surface area contributed by atoms with Crippen LogP contribution in [0.15, 0.2) is 48.5 Å². The van der Waals surface area contributed by atoms with Crippen LogP contribution in [0.5, 0.6) is 11.5 Å². The first-order valence-electron chi connectivity index (χ1n) is 11.7. The van der Waals surface area contributed by atoms with Gasteiger partial charge in [0.1, 0.15) is 11.5 Å². The molecule has 5 heteroatoms. The highest BCUT2D eigenvalue weighted by atomic mass is 16.5. The van der Waals surface area contributed by atoms with Gasteiger partial charge in [-0.2, -0.15) is 0 Å². The van der Waals surface area contributed by atoms with Crippen molar-refractivity contribution >= 4 is 5.91 Å². The summed E-state index contributed by atoms with van der Waals surface area (Å²) in [6.07, 6.45) is 0. The fraction of sp³-hybridized carbons (Fsp3) is 0.519. The number of amides is 1. The second kappa shape index (κ2) is 10.9. The molecule has 0 aromatic heterocycles. The van der Waals surface area contributed by atoms with E-state index >= 15 is 0 Å². The van der Waals surface area contributed by atoms with Crippen LogP contribution < -0.4 is 4.74 Å². The van der Waals surface area contributed by atoms with Gasteiger partial charge >= 0.3 is 0 Å². The molecule has 0 bridgehead atoms. The van der Waals surface area contributed by atoms with E-state index in [0.29, 0.717) is 30.0 Å². The lowest BCUT2D eigenvalue weighted by atomic mass is 9.88. The number of para-hydroxylation sites is 1.